The van der Waals surface area contributed by atoms with Crippen molar-refractivity contribution >= 4 is 11.6 Å². The van der Waals surface area contributed by atoms with E-state index in [-0.39, 0.29) is 11.9 Å². The zero-order chi connectivity index (χ0) is 21.8. The van der Waals surface area contributed by atoms with Crippen LogP contribution >= 0.6 is 0 Å². The quantitative estimate of drug-likeness (QED) is 0.691. The van der Waals surface area contributed by atoms with Crippen LogP contribution in [0.4, 0.5) is 0 Å². The molecule has 0 saturated carbocycles. The molecule has 0 saturated heterocycles. The number of amides is 1. The summed E-state index contributed by atoms with van der Waals surface area (Å²) < 4.78 is 27.1. The van der Waals surface area contributed by atoms with Crippen LogP contribution in [0.1, 0.15) is 30.5 Å². The maximum atomic E-state index is 12.4. The van der Waals surface area contributed by atoms with E-state index in [9.17, 15) is 4.79 Å². The Morgan fingerprint density at radius 3 is 2.03 bits per heavy atom. The topological polar surface area (TPSA) is 78.8 Å². The zero-order valence-corrected chi connectivity index (χ0v) is 18.0. The second-order valence-electron chi connectivity index (χ2n) is 6.66. The van der Waals surface area contributed by atoms with Crippen molar-refractivity contribution in [2.75, 3.05) is 35.5 Å². The van der Waals surface area contributed by atoms with Gasteiger partial charge in [0.2, 0.25) is 11.7 Å². The summed E-state index contributed by atoms with van der Waals surface area (Å²) in [6, 6.07) is 8.87. The first-order chi connectivity index (χ1) is 14.5. The van der Waals surface area contributed by atoms with E-state index in [0.717, 1.165) is 16.8 Å². The standard InChI is InChI=1S/C22H26N2O6/c1-13(25)24-18(14-9-20(28-4)22(30-6)21(10-14)29-5)12-17(23-24)16-8-7-15(26-2)11-19(16)27-3/h7-11,18H,12H2,1-6H3. The van der Waals surface area contributed by atoms with Crippen LogP contribution < -0.4 is 23.7 Å². The van der Waals surface area contributed by atoms with Gasteiger partial charge in [-0.2, -0.15) is 5.10 Å². The molecular weight excluding hydrogens is 388 g/mol. The number of hydrogen-bond acceptors (Lipinski definition) is 7. The highest BCUT2D eigenvalue weighted by Crippen LogP contribution is 2.43. The number of hydrogen-bond donors (Lipinski definition) is 0. The molecule has 0 spiro atoms. The van der Waals surface area contributed by atoms with Gasteiger partial charge in [-0.05, 0) is 29.8 Å². The van der Waals surface area contributed by atoms with Gasteiger partial charge < -0.3 is 23.7 Å². The van der Waals surface area contributed by atoms with Crippen molar-refractivity contribution in [2.45, 2.75) is 19.4 Å². The van der Waals surface area contributed by atoms with Gasteiger partial charge in [-0.15, -0.1) is 0 Å². The first-order valence-electron chi connectivity index (χ1n) is 9.36. The molecule has 30 heavy (non-hydrogen) atoms. The van der Waals surface area contributed by atoms with E-state index in [1.165, 1.54) is 11.9 Å². The van der Waals surface area contributed by atoms with E-state index >= 15 is 0 Å². The molecule has 0 N–H and O–H groups in total. The molecule has 0 fully saturated rings. The molecule has 2 aromatic carbocycles. The summed E-state index contributed by atoms with van der Waals surface area (Å²) in [6.07, 6.45) is 0.501. The van der Waals surface area contributed by atoms with E-state index in [1.54, 1.807) is 41.6 Å². The van der Waals surface area contributed by atoms with Crippen LogP contribution in [0.5, 0.6) is 28.7 Å². The largest absolute Gasteiger partial charge is 0.497 e. The second-order valence-corrected chi connectivity index (χ2v) is 6.66. The molecule has 2 aromatic rings. The normalized spacial score (nSPS) is 15.5. The molecule has 1 aliphatic rings. The third-order valence-electron chi connectivity index (χ3n) is 5.02. The minimum atomic E-state index is -0.321. The van der Waals surface area contributed by atoms with E-state index in [4.69, 9.17) is 23.7 Å². The van der Waals surface area contributed by atoms with Gasteiger partial charge in [0.05, 0.1) is 47.3 Å². The number of ether oxygens (including phenoxy) is 5. The molecular formula is C22H26N2O6. The number of carbonyl (C=O) groups is 1. The van der Waals surface area contributed by atoms with E-state index in [2.05, 4.69) is 5.10 Å². The lowest BCUT2D eigenvalue weighted by Crippen LogP contribution is -2.24. The summed E-state index contributed by atoms with van der Waals surface area (Å²) >= 11 is 0. The van der Waals surface area contributed by atoms with Gasteiger partial charge >= 0.3 is 0 Å². The van der Waals surface area contributed by atoms with Crippen LogP contribution in [0.3, 0.4) is 0 Å². The van der Waals surface area contributed by atoms with E-state index < -0.39 is 0 Å². The van der Waals surface area contributed by atoms with E-state index in [0.29, 0.717) is 35.2 Å². The molecule has 1 heterocycles. The van der Waals surface area contributed by atoms with Crippen LogP contribution in [0.2, 0.25) is 0 Å². The molecule has 0 radical (unpaired) electrons. The monoisotopic (exact) mass is 414 g/mol. The predicted octanol–water partition coefficient (Wildman–Crippen LogP) is 3.43. The highest BCUT2D eigenvalue weighted by molar-refractivity contribution is 6.05. The minimum Gasteiger partial charge on any atom is -0.497 e. The fourth-order valence-electron chi connectivity index (χ4n) is 3.55. The Bertz CT molecular complexity index is 947. The molecule has 0 bridgehead atoms. The molecule has 1 aliphatic heterocycles. The van der Waals surface area contributed by atoms with Gasteiger partial charge in [0.1, 0.15) is 11.5 Å². The van der Waals surface area contributed by atoms with E-state index in [1.807, 2.05) is 24.3 Å². The lowest BCUT2D eigenvalue weighted by atomic mass is 9.97. The maximum absolute atomic E-state index is 12.4. The Kier molecular flexibility index (Phi) is 6.34. The zero-order valence-electron chi connectivity index (χ0n) is 18.0. The fourth-order valence-corrected chi connectivity index (χ4v) is 3.55. The average molecular weight is 414 g/mol. The number of methoxy groups -OCH3 is 5. The highest BCUT2D eigenvalue weighted by atomic mass is 16.5. The average Bonchev–Trinajstić information content (AvgIpc) is 3.23. The van der Waals surface area contributed by atoms with Gasteiger partial charge in [-0.3, -0.25) is 4.79 Å². The van der Waals surface area contributed by atoms with Crippen LogP contribution in [0.15, 0.2) is 35.4 Å². The van der Waals surface area contributed by atoms with Gasteiger partial charge in [0.15, 0.2) is 11.5 Å². The van der Waals surface area contributed by atoms with Crippen molar-refractivity contribution in [1.82, 2.24) is 5.01 Å². The number of rotatable bonds is 7. The summed E-state index contributed by atoms with van der Waals surface area (Å²) in [7, 11) is 7.85. The smallest absolute Gasteiger partial charge is 0.240 e. The molecule has 8 nitrogen and oxygen atoms in total. The molecule has 1 atom stereocenters. The van der Waals surface area contributed by atoms with Crippen molar-refractivity contribution < 1.29 is 28.5 Å². The lowest BCUT2D eigenvalue weighted by Gasteiger charge is -2.22. The molecule has 8 heteroatoms. The first kappa shape index (κ1) is 21.3. The Labute approximate surface area is 175 Å². The van der Waals surface area contributed by atoms with Gasteiger partial charge in [-0.1, -0.05) is 0 Å². The van der Waals surface area contributed by atoms with Crippen LogP contribution in [0, 0.1) is 0 Å². The summed E-state index contributed by atoms with van der Waals surface area (Å²) in [6.45, 7) is 1.49. The number of nitrogens with zero attached hydrogens (tertiary/aromatic N) is 2. The maximum Gasteiger partial charge on any atom is 0.240 e. The first-order valence-corrected chi connectivity index (χ1v) is 9.36. The van der Waals surface area contributed by atoms with Crippen LogP contribution in [-0.2, 0) is 4.79 Å². The number of hydrazone groups is 1. The van der Waals surface area contributed by atoms with Gasteiger partial charge in [0.25, 0.3) is 0 Å². The Balaban J connectivity index is 2.04. The third-order valence-corrected chi connectivity index (χ3v) is 5.02. The van der Waals surface area contributed by atoms with Crippen molar-refractivity contribution in [3.05, 3.63) is 41.5 Å². The molecule has 1 unspecified atom stereocenters. The van der Waals surface area contributed by atoms with Crippen LogP contribution in [-0.4, -0.2) is 52.2 Å². The van der Waals surface area contributed by atoms with Crippen molar-refractivity contribution in [2.24, 2.45) is 5.10 Å². The van der Waals surface area contributed by atoms with Crippen molar-refractivity contribution in [1.29, 1.82) is 0 Å². The number of carbonyl (C=O) groups excluding carboxylic acids is 1. The summed E-state index contributed by atoms with van der Waals surface area (Å²) in [5.41, 5.74) is 2.37. The Morgan fingerprint density at radius 1 is 0.900 bits per heavy atom. The third kappa shape index (κ3) is 3.85. The summed E-state index contributed by atoms with van der Waals surface area (Å²) in [4.78, 5) is 12.4. The number of benzene rings is 2. The van der Waals surface area contributed by atoms with Gasteiger partial charge in [0, 0.05) is 25.0 Å². The Morgan fingerprint density at radius 2 is 1.53 bits per heavy atom. The summed E-state index contributed by atoms with van der Waals surface area (Å²) in [5.74, 6) is 2.67. The van der Waals surface area contributed by atoms with Crippen molar-refractivity contribution in [3.63, 3.8) is 0 Å². The summed E-state index contributed by atoms with van der Waals surface area (Å²) in [5, 5.41) is 6.07. The lowest BCUT2D eigenvalue weighted by molar-refractivity contribution is -0.130. The van der Waals surface area contributed by atoms with Gasteiger partial charge in [-0.25, -0.2) is 5.01 Å². The minimum absolute atomic E-state index is 0.170. The van der Waals surface area contributed by atoms with Crippen molar-refractivity contribution in [3.8, 4) is 28.7 Å². The Hall–Kier alpha value is -3.42. The molecule has 1 amide bonds. The molecule has 0 aromatic heterocycles. The molecule has 0 aliphatic carbocycles. The SMILES string of the molecule is COc1ccc(C2=NN(C(C)=O)C(c3cc(OC)c(OC)c(OC)c3)C2)c(OC)c1. The predicted molar refractivity (Wildman–Crippen MR) is 112 cm³/mol. The fraction of sp³-hybridized carbons (Fsp3) is 0.364. The second kappa shape index (κ2) is 8.94. The molecule has 160 valence electrons. The van der Waals surface area contributed by atoms with Crippen LogP contribution in [0.25, 0.3) is 0 Å². The highest BCUT2D eigenvalue weighted by Gasteiger charge is 2.34. The molecule has 3 rings (SSSR count).